The third-order valence-corrected chi connectivity index (χ3v) is 3.71. The fraction of sp³-hybridized carbons (Fsp3) is 0.500. The van der Waals surface area contributed by atoms with E-state index in [9.17, 15) is 9.18 Å². The largest absolute Gasteiger partial charge is 0.366 e. The molecular formula is C14H20FN3O. The van der Waals surface area contributed by atoms with Gasteiger partial charge in [-0.1, -0.05) is 12.1 Å². The number of hydrogen-bond acceptors (Lipinski definition) is 3. The number of piperazine rings is 1. The second-order valence-corrected chi connectivity index (χ2v) is 5.10. The van der Waals surface area contributed by atoms with Gasteiger partial charge in [-0.15, -0.1) is 0 Å². The average molecular weight is 265 g/mol. The Morgan fingerprint density at radius 2 is 2.21 bits per heavy atom. The summed E-state index contributed by atoms with van der Waals surface area (Å²) in [6, 6.07) is 7.05. The summed E-state index contributed by atoms with van der Waals surface area (Å²) in [6.07, 6.45) is -0.981. The molecule has 0 aliphatic carbocycles. The number of nitrogens with two attached hydrogens (primary N) is 1. The van der Waals surface area contributed by atoms with Crippen molar-refractivity contribution in [2.24, 2.45) is 5.73 Å². The van der Waals surface area contributed by atoms with E-state index in [4.69, 9.17) is 5.73 Å². The van der Waals surface area contributed by atoms with Crippen LogP contribution in [-0.2, 0) is 0 Å². The molecule has 1 saturated heterocycles. The number of halogens is 1. The Labute approximate surface area is 113 Å². The number of amides is 1. The van der Waals surface area contributed by atoms with Crippen molar-refractivity contribution in [1.29, 1.82) is 0 Å². The van der Waals surface area contributed by atoms with E-state index in [0.29, 0.717) is 18.7 Å². The van der Waals surface area contributed by atoms with Crippen molar-refractivity contribution in [1.82, 2.24) is 9.80 Å². The first kappa shape index (κ1) is 14.0. The third kappa shape index (κ3) is 3.11. The highest BCUT2D eigenvalue weighted by atomic mass is 19.1. The molecule has 1 aromatic carbocycles. The van der Waals surface area contributed by atoms with Gasteiger partial charge in [-0.2, -0.15) is 0 Å². The molecule has 1 aromatic rings. The molecule has 4 nitrogen and oxygen atoms in total. The summed E-state index contributed by atoms with van der Waals surface area (Å²) < 4.78 is 14.1. The average Bonchev–Trinajstić information content (AvgIpc) is 2.38. The van der Waals surface area contributed by atoms with Crippen LogP contribution in [0.1, 0.15) is 28.9 Å². The number of primary amides is 1. The highest BCUT2D eigenvalue weighted by molar-refractivity contribution is 5.92. The second kappa shape index (κ2) is 5.67. The predicted molar refractivity (Wildman–Crippen MR) is 72.5 cm³/mol. The molecule has 2 rings (SSSR count). The zero-order chi connectivity index (χ0) is 14.0. The van der Waals surface area contributed by atoms with Crippen LogP contribution in [0.2, 0.25) is 0 Å². The molecule has 1 aliphatic rings. The van der Waals surface area contributed by atoms with Crippen molar-refractivity contribution >= 4 is 5.91 Å². The van der Waals surface area contributed by atoms with Crippen molar-refractivity contribution in [2.45, 2.75) is 19.3 Å². The highest BCUT2D eigenvalue weighted by Crippen LogP contribution is 2.25. The Morgan fingerprint density at radius 3 is 2.84 bits per heavy atom. The van der Waals surface area contributed by atoms with Crippen LogP contribution in [0.15, 0.2) is 24.3 Å². The smallest absolute Gasteiger partial charge is 0.248 e. The Morgan fingerprint density at radius 1 is 1.47 bits per heavy atom. The minimum Gasteiger partial charge on any atom is -0.366 e. The van der Waals surface area contributed by atoms with E-state index in [1.165, 1.54) is 0 Å². The van der Waals surface area contributed by atoms with Crippen LogP contribution in [0.25, 0.3) is 0 Å². The van der Waals surface area contributed by atoms with Gasteiger partial charge < -0.3 is 10.6 Å². The van der Waals surface area contributed by atoms with Gasteiger partial charge in [-0.25, -0.2) is 4.39 Å². The van der Waals surface area contributed by atoms with Gasteiger partial charge in [0.05, 0.1) is 0 Å². The number of alkyl halides is 1. The van der Waals surface area contributed by atoms with E-state index < -0.39 is 12.2 Å². The Bertz CT molecular complexity index is 466. The molecule has 1 heterocycles. The van der Waals surface area contributed by atoms with E-state index in [2.05, 4.69) is 0 Å². The number of carbonyl (C=O) groups is 1. The van der Waals surface area contributed by atoms with E-state index in [0.717, 1.165) is 12.1 Å². The first-order chi connectivity index (χ1) is 8.99. The SMILES string of the molecule is CC(c1cccc(C(N)=O)c1)N1CCN(C)CC1F. The first-order valence-corrected chi connectivity index (χ1v) is 6.47. The molecule has 2 atom stereocenters. The predicted octanol–water partition coefficient (Wildman–Crippen LogP) is 1.39. The molecule has 104 valence electrons. The monoisotopic (exact) mass is 265 g/mol. The van der Waals surface area contributed by atoms with Gasteiger partial charge >= 0.3 is 0 Å². The molecule has 1 amide bonds. The quantitative estimate of drug-likeness (QED) is 0.840. The highest BCUT2D eigenvalue weighted by Gasteiger charge is 2.29. The van der Waals surface area contributed by atoms with E-state index in [1.54, 1.807) is 18.2 Å². The number of nitrogens with zero attached hydrogens (tertiary/aromatic N) is 2. The molecule has 0 saturated carbocycles. The first-order valence-electron chi connectivity index (χ1n) is 6.47. The summed E-state index contributed by atoms with van der Waals surface area (Å²) in [7, 11) is 1.92. The van der Waals surface area contributed by atoms with Gasteiger partial charge in [0.2, 0.25) is 5.91 Å². The molecule has 1 aliphatic heterocycles. The molecule has 0 bridgehead atoms. The standard InChI is InChI=1S/C14H20FN3O/c1-10(18-7-6-17(2)9-13(18)15)11-4-3-5-12(8-11)14(16)19/h3-5,8,10,13H,6-7,9H2,1-2H3,(H2,16,19). The number of hydrogen-bond donors (Lipinski definition) is 1. The molecule has 0 aromatic heterocycles. The van der Waals surface area contributed by atoms with Crippen LogP contribution in [-0.4, -0.2) is 48.7 Å². The minimum absolute atomic E-state index is 0.0667. The van der Waals surface area contributed by atoms with Crippen molar-refractivity contribution in [2.75, 3.05) is 26.7 Å². The maximum atomic E-state index is 14.1. The maximum absolute atomic E-state index is 14.1. The summed E-state index contributed by atoms with van der Waals surface area (Å²) >= 11 is 0. The molecular weight excluding hydrogens is 245 g/mol. The van der Waals surface area contributed by atoms with Crippen molar-refractivity contribution < 1.29 is 9.18 Å². The minimum atomic E-state index is -0.981. The fourth-order valence-corrected chi connectivity index (χ4v) is 2.46. The lowest BCUT2D eigenvalue weighted by atomic mass is 10.0. The van der Waals surface area contributed by atoms with E-state index >= 15 is 0 Å². The normalized spacial score (nSPS) is 23.2. The molecule has 0 spiro atoms. The van der Waals surface area contributed by atoms with Crippen molar-refractivity contribution in [3.63, 3.8) is 0 Å². The topological polar surface area (TPSA) is 49.6 Å². The summed E-state index contributed by atoms with van der Waals surface area (Å²) in [4.78, 5) is 15.0. The van der Waals surface area contributed by atoms with E-state index in [1.807, 2.05) is 29.8 Å². The maximum Gasteiger partial charge on any atom is 0.248 e. The number of rotatable bonds is 3. The molecule has 1 fully saturated rings. The lowest BCUT2D eigenvalue weighted by Gasteiger charge is -2.39. The number of likely N-dealkylation sites (N-methyl/N-ethyl adjacent to an activating group) is 1. The summed E-state index contributed by atoms with van der Waals surface area (Å²) in [5, 5.41) is 0. The van der Waals surface area contributed by atoms with E-state index in [-0.39, 0.29) is 6.04 Å². The van der Waals surface area contributed by atoms with Crippen LogP contribution >= 0.6 is 0 Å². The molecule has 0 radical (unpaired) electrons. The molecule has 5 heteroatoms. The zero-order valence-electron chi connectivity index (χ0n) is 11.3. The van der Waals surface area contributed by atoms with Gasteiger partial charge in [0.25, 0.3) is 0 Å². The van der Waals surface area contributed by atoms with Crippen LogP contribution in [0.5, 0.6) is 0 Å². The molecule has 19 heavy (non-hydrogen) atoms. The third-order valence-electron chi connectivity index (χ3n) is 3.71. The number of carbonyl (C=O) groups excluding carboxylic acids is 1. The molecule has 2 N–H and O–H groups in total. The summed E-state index contributed by atoms with van der Waals surface area (Å²) in [5.74, 6) is -0.454. The van der Waals surface area contributed by atoms with Gasteiger partial charge in [0, 0.05) is 31.2 Å². The number of benzene rings is 1. The second-order valence-electron chi connectivity index (χ2n) is 5.10. The van der Waals surface area contributed by atoms with Gasteiger partial charge in [0.1, 0.15) is 0 Å². The Balaban J connectivity index is 2.17. The van der Waals surface area contributed by atoms with Crippen molar-refractivity contribution in [3.8, 4) is 0 Å². The zero-order valence-corrected chi connectivity index (χ0v) is 11.3. The Hall–Kier alpha value is -1.46. The lowest BCUT2D eigenvalue weighted by molar-refractivity contribution is -0.0158. The van der Waals surface area contributed by atoms with Crippen LogP contribution in [0.3, 0.4) is 0 Å². The van der Waals surface area contributed by atoms with Gasteiger partial charge in [0.15, 0.2) is 6.30 Å². The Kier molecular flexibility index (Phi) is 4.17. The van der Waals surface area contributed by atoms with Crippen LogP contribution in [0.4, 0.5) is 4.39 Å². The van der Waals surface area contributed by atoms with Gasteiger partial charge in [-0.3, -0.25) is 9.69 Å². The fourth-order valence-electron chi connectivity index (χ4n) is 2.46. The van der Waals surface area contributed by atoms with Crippen LogP contribution < -0.4 is 5.73 Å². The summed E-state index contributed by atoms with van der Waals surface area (Å²) in [6.45, 7) is 3.90. The lowest BCUT2D eigenvalue weighted by Crippen LogP contribution is -2.50. The van der Waals surface area contributed by atoms with Crippen LogP contribution in [0, 0.1) is 0 Å². The molecule has 2 unspecified atom stereocenters. The summed E-state index contributed by atoms with van der Waals surface area (Å²) in [5.41, 5.74) is 6.66. The van der Waals surface area contributed by atoms with Crippen molar-refractivity contribution in [3.05, 3.63) is 35.4 Å². The van der Waals surface area contributed by atoms with Gasteiger partial charge in [-0.05, 0) is 31.7 Å².